The molecule has 0 amide bonds. The molecule has 0 aromatic heterocycles. The second kappa shape index (κ2) is 4.75. The zero-order valence-electron chi connectivity index (χ0n) is 8.50. The number of carboxylic acids is 1. The fourth-order valence-electron chi connectivity index (χ4n) is 1.19. The molecular weight excluding hydrogens is 212 g/mol. The summed E-state index contributed by atoms with van der Waals surface area (Å²) in [6, 6.07) is 5.02. The van der Waals surface area contributed by atoms with Gasteiger partial charge in [-0.05, 0) is 36.8 Å². The van der Waals surface area contributed by atoms with Crippen LogP contribution in [0.2, 0.25) is 0 Å². The van der Waals surface area contributed by atoms with E-state index in [0.717, 1.165) is 0 Å². The summed E-state index contributed by atoms with van der Waals surface area (Å²) in [6.45, 7) is 1.74. The highest BCUT2D eigenvalue weighted by Crippen LogP contribution is 2.18. The summed E-state index contributed by atoms with van der Waals surface area (Å²) in [7, 11) is 1.70. The van der Waals surface area contributed by atoms with Gasteiger partial charge in [0.05, 0.1) is 5.56 Å². The number of anilines is 1. The van der Waals surface area contributed by atoms with Crippen molar-refractivity contribution in [3.05, 3.63) is 29.3 Å². The Morgan fingerprint density at radius 3 is 2.67 bits per heavy atom. The Balaban J connectivity index is 3.04. The number of carbonyl (C=O) groups is 1. The van der Waals surface area contributed by atoms with Gasteiger partial charge in [-0.3, -0.25) is 0 Å². The van der Waals surface area contributed by atoms with Gasteiger partial charge in [-0.2, -0.15) is 0 Å². The van der Waals surface area contributed by atoms with Gasteiger partial charge in [0.1, 0.15) is 0 Å². The Bertz CT molecular complexity index is 404. The van der Waals surface area contributed by atoms with E-state index in [-0.39, 0.29) is 5.56 Å². The fourth-order valence-corrected chi connectivity index (χ4v) is 1.30. The van der Waals surface area contributed by atoms with Gasteiger partial charge in [-0.25, -0.2) is 4.79 Å². The van der Waals surface area contributed by atoms with E-state index in [1.54, 1.807) is 32.2 Å². The smallest absolute Gasteiger partial charge is 0.336 e. The lowest BCUT2D eigenvalue weighted by atomic mass is 10.1. The van der Waals surface area contributed by atoms with Crippen LogP contribution in [0.15, 0.2) is 18.2 Å². The third-order valence-corrected chi connectivity index (χ3v) is 2.35. The number of nitrogens with one attached hydrogen (secondary N) is 2. The number of hydrogen-bond donors (Lipinski definition) is 3. The van der Waals surface area contributed by atoms with E-state index >= 15 is 0 Å². The van der Waals surface area contributed by atoms with E-state index in [0.29, 0.717) is 16.4 Å². The number of carboxylic acid groups (broad SMARTS) is 1. The van der Waals surface area contributed by atoms with Crippen LogP contribution < -0.4 is 10.6 Å². The van der Waals surface area contributed by atoms with Gasteiger partial charge in [0, 0.05) is 12.7 Å². The van der Waals surface area contributed by atoms with E-state index in [9.17, 15) is 4.79 Å². The van der Waals surface area contributed by atoms with Gasteiger partial charge in [0.2, 0.25) is 0 Å². The number of thiocarbonyl (C=S) groups is 1. The third kappa shape index (κ3) is 2.66. The molecule has 0 spiro atoms. The van der Waals surface area contributed by atoms with Gasteiger partial charge < -0.3 is 15.7 Å². The van der Waals surface area contributed by atoms with E-state index in [4.69, 9.17) is 17.3 Å². The summed E-state index contributed by atoms with van der Waals surface area (Å²) in [5.74, 6) is -0.938. The van der Waals surface area contributed by atoms with Crippen molar-refractivity contribution in [3.63, 3.8) is 0 Å². The Kier molecular flexibility index (Phi) is 3.62. The number of rotatable bonds is 2. The van der Waals surface area contributed by atoms with Crippen molar-refractivity contribution in [2.75, 3.05) is 12.4 Å². The molecule has 1 rings (SSSR count). The minimum atomic E-state index is -0.938. The van der Waals surface area contributed by atoms with Crippen LogP contribution in [0.4, 0.5) is 5.69 Å². The summed E-state index contributed by atoms with van der Waals surface area (Å²) in [4.78, 5) is 10.9. The Morgan fingerprint density at radius 1 is 1.47 bits per heavy atom. The number of hydrogen-bond acceptors (Lipinski definition) is 2. The topological polar surface area (TPSA) is 61.4 Å². The van der Waals surface area contributed by atoms with E-state index in [1.807, 2.05) is 0 Å². The second-order valence-electron chi connectivity index (χ2n) is 2.99. The Labute approximate surface area is 93.3 Å². The summed E-state index contributed by atoms with van der Waals surface area (Å²) in [5, 5.41) is 15.0. The van der Waals surface area contributed by atoms with Crippen LogP contribution in [-0.2, 0) is 0 Å². The van der Waals surface area contributed by atoms with Gasteiger partial charge in [0.15, 0.2) is 5.11 Å². The predicted molar refractivity (Wildman–Crippen MR) is 63.4 cm³/mol. The highest BCUT2D eigenvalue weighted by atomic mass is 32.1. The standard InChI is InChI=1S/C10H12N2O2S/c1-6-7(9(13)14)4-3-5-8(6)12-10(15)11-2/h3-5H,1-2H3,(H,13,14)(H2,11,12,15). The van der Waals surface area contributed by atoms with E-state index in [2.05, 4.69) is 10.6 Å². The lowest BCUT2D eigenvalue weighted by Gasteiger charge is -2.11. The Hall–Kier alpha value is -1.62. The highest BCUT2D eigenvalue weighted by Gasteiger charge is 2.09. The van der Waals surface area contributed by atoms with Crippen molar-refractivity contribution in [2.24, 2.45) is 0 Å². The molecule has 0 saturated heterocycles. The number of aromatic carboxylic acids is 1. The first kappa shape index (κ1) is 11.5. The largest absolute Gasteiger partial charge is 0.478 e. The molecule has 0 fully saturated rings. The van der Waals surface area contributed by atoms with Crippen molar-refractivity contribution in [3.8, 4) is 0 Å². The molecule has 0 heterocycles. The quantitative estimate of drug-likeness (QED) is 0.666. The molecule has 0 radical (unpaired) electrons. The van der Waals surface area contributed by atoms with Crippen LogP contribution in [0.3, 0.4) is 0 Å². The minimum absolute atomic E-state index is 0.277. The molecular formula is C10H12N2O2S. The molecule has 0 aliphatic heterocycles. The molecule has 0 atom stereocenters. The molecule has 15 heavy (non-hydrogen) atoms. The maximum atomic E-state index is 10.9. The minimum Gasteiger partial charge on any atom is -0.478 e. The van der Waals surface area contributed by atoms with Crippen LogP contribution in [0, 0.1) is 6.92 Å². The second-order valence-corrected chi connectivity index (χ2v) is 3.40. The van der Waals surface area contributed by atoms with E-state index < -0.39 is 5.97 Å². The van der Waals surface area contributed by atoms with Crippen LogP contribution in [0.1, 0.15) is 15.9 Å². The average molecular weight is 224 g/mol. The van der Waals surface area contributed by atoms with E-state index in [1.165, 1.54) is 0 Å². The van der Waals surface area contributed by atoms with Crippen molar-refractivity contribution in [1.82, 2.24) is 5.32 Å². The molecule has 1 aromatic carbocycles. The molecule has 0 unspecified atom stereocenters. The summed E-state index contributed by atoms with van der Waals surface area (Å²) in [6.07, 6.45) is 0. The molecule has 0 aliphatic rings. The summed E-state index contributed by atoms with van der Waals surface area (Å²) in [5.41, 5.74) is 1.65. The molecule has 0 saturated carbocycles. The number of benzene rings is 1. The zero-order chi connectivity index (χ0) is 11.4. The normalized spacial score (nSPS) is 9.47. The maximum absolute atomic E-state index is 10.9. The SMILES string of the molecule is CNC(=S)Nc1cccc(C(=O)O)c1C. The average Bonchev–Trinajstić information content (AvgIpc) is 2.20. The molecule has 0 aliphatic carbocycles. The fraction of sp³-hybridized carbons (Fsp3) is 0.200. The monoisotopic (exact) mass is 224 g/mol. The van der Waals surface area contributed by atoms with Crippen molar-refractivity contribution >= 4 is 29.0 Å². The van der Waals surface area contributed by atoms with Crippen molar-refractivity contribution in [2.45, 2.75) is 6.92 Å². The zero-order valence-corrected chi connectivity index (χ0v) is 9.31. The van der Waals surface area contributed by atoms with Crippen LogP contribution in [0.25, 0.3) is 0 Å². The van der Waals surface area contributed by atoms with Gasteiger partial charge >= 0.3 is 5.97 Å². The van der Waals surface area contributed by atoms with Crippen molar-refractivity contribution < 1.29 is 9.90 Å². The van der Waals surface area contributed by atoms with Gasteiger partial charge in [-0.15, -0.1) is 0 Å². The molecule has 1 aromatic rings. The van der Waals surface area contributed by atoms with Gasteiger partial charge in [-0.1, -0.05) is 6.07 Å². The summed E-state index contributed by atoms with van der Waals surface area (Å²) < 4.78 is 0. The van der Waals surface area contributed by atoms with Gasteiger partial charge in [0.25, 0.3) is 0 Å². The highest BCUT2D eigenvalue weighted by molar-refractivity contribution is 7.80. The maximum Gasteiger partial charge on any atom is 0.336 e. The lowest BCUT2D eigenvalue weighted by Crippen LogP contribution is -2.24. The van der Waals surface area contributed by atoms with Crippen molar-refractivity contribution in [1.29, 1.82) is 0 Å². The summed E-state index contributed by atoms with van der Waals surface area (Å²) >= 11 is 4.94. The molecule has 4 nitrogen and oxygen atoms in total. The lowest BCUT2D eigenvalue weighted by molar-refractivity contribution is 0.0696. The van der Waals surface area contributed by atoms with Crippen LogP contribution in [0.5, 0.6) is 0 Å². The molecule has 0 bridgehead atoms. The molecule has 5 heteroatoms. The Morgan fingerprint density at radius 2 is 2.13 bits per heavy atom. The third-order valence-electron chi connectivity index (χ3n) is 2.04. The van der Waals surface area contributed by atoms with Crippen LogP contribution >= 0.6 is 12.2 Å². The van der Waals surface area contributed by atoms with Crippen LogP contribution in [-0.4, -0.2) is 23.2 Å². The molecule has 80 valence electrons. The first-order chi connectivity index (χ1) is 7.06. The first-order valence-corrected chi connectivity index (χ1v) is 4.78. The predicted octanol–water partition coefficient (Wildman–Crippen LogP) is 1.61. The first-order valence-electron chi connectivity index (χ1n) is 4.38. The molecule has 3 N–H and O–H groups in total.